The van der Waals surface area contributed by atoms with Crippen molar-refractivity contribution in [1.29, 1.82) is 0 Å². The number of rotatable bonds is 10. The molecule has 0 aliphatic carbocycles. The molecule has 0 saturated carbocycles. The van der Waals surface area contributed by atoms with E-state index in [2.05, 4.69) is 19.2 Å². The molecule has 0 radical (unpaired) electrons. The molecular weight excluding hydrogens is 282 g/mol. The highest BCUT2D eigenvalue weighted by Gasteiger charge is 2.16. The summed E-state index contributed by atoms with van der Waals surface area (Å²) >= 11 is 0. The van der Waals surface area contributed by atoms with Gasteiger partial charge >= 0.3 is 0 Å². The van der Waals surface area contributed by atoms with Crippen LogP contribution in [0.4, 0.5) is 5.69 Å². The van der Waals surface area contributed by atoms with E-state index in [0.717, 1.165) is 12.1 Å². The molecule has 0 heterocycles. The van der Waals surface area contributed by atoms with Crippen molar-refractivity contribution in [3.8, 4) is 0 Å². The molecule has 3 nitrogen and oxygen atoms in total. The number of benzene rings is 1. The van der Waals surface area contributed by atoms with Gasteiger partial charge in [0.15, 0.2) is 9.84 Å². The number of hydrogen-bond donors (Lipinski definition) is 1. The van der Waals surface area contributed by atoms with E-state index >= 15 is 0 Å². The molecule has 21 heavy (non-hydrogen) atoms. The molecular formula is C17H29NO2S. The zero-order valence-corrected chi connectivity index (χ0v) is 14.4. The van der Waals surface area contributed by atoms with Gasteiger partial charge in [0.05, 0.1) is 16.3 Å². The van der Waals surface area contributed by atoms with Crippen LogP contribution in [0.1, 0.15) is 59.3 Å². The molecule has 0 bridgehead atoms. The van der Waals surface area contributed by atoms with Gasteiger partial charge in [-0.1, -0.05) is 58.1 Å². The maximum atomic E-state index is 12.1. The molecule has 1 aromatic carbocycles. The molecule has 0 spiro atoms. The predicted octanol–water partition coefficient (Wildman–Crippen LogP) is 4.64. The predicted molar refractivity (Wildman–Crippen MR) is 90.6 cm³/mol. The van der Waals surface area contributed by atoms with Crippen LogP contribution in [-0.2, 0) is 9.84 Å². The van der Waals surface area contributed by atoms with Crippen molar-refractivity contribution in [3.05, 3.63) is 24.3 Å². The van der Waals surface area contributed by atoms with Gasteiger partial charge < -0.3 is 5.32 Å². The minimum Gasteiger partial charge on any atom is -0.382 e. The van der Waals surface area contributed by atoms with E-state index in [-0.39, 0.29) is 5.75 Å². The van der Waals surface area contributed by atoms with Crippen LogP contribution in [0.25, 0.3) is 0 Å². The highest BCUT2D eigenvalue weighted by Crippen LogP contribution is 2.23. The second-order valence-corrected chi connectivity index (χ2v) is 7.89. The Kier molecular flexibility index (Phi) is 7.79. The normalized spacial score (nSPS) is 13.1. The van der Waals surface area contributed by atoms with Gasteiger partial charge in [-0.15, -0.1) is 0 Å². The lowest BCUT2D eigenvalue weighted by Crippen LogP contribution is -2.17. The van der Waals surface area contributed by atoms with Gasteiger partial charge in [0.1, 0.15) is 0 Å². The minimum absolute atomic E-state index is 0.136. The monoisotopic (exact) mass is 311 g/mol. The lowest BCUT2D eigenvalue weighted by Gasteiger charge is -2.18. The van der Waals surface area contributed by atoms with E-state index in [4.69, 9.17) is 0 Å². The molecule has 1 aromatic rings. The molecule has 0 amide bonds. The summed E-state index contributed by atoms with van der Waals surface area (Å²) in [6.45, 7) is 6.02. The summed E-state index contributed by atoms with van der Waals surface area (Å²) in [7, 11) is -3.17. The van der Waals surface area contributed by atoms with Gasteiger partial charge in [0.25, 0.3) is 0 Å². The van der Waals surface area contributed by atoms with E-state index in [1.54, 1.807) is 19.1 Å². The number of sulfone groups is 1. The lowest BCUT2D eigenvalue weighted by atomic mass is 10.1. The van der Waals surface area contributed by atoms with Crippen LogP contribution in [0.15, 0.2) is 29.2 Å². The second kappa shape index (κ2) is 9.08. The van der Waals surface area contributed by atoms with Crippen LogP contribution in [0, 0.1) is 0 Å². The Bertz CT molecular complexity index is 511. The minimum atomic E-state index is -3.17. The summed E-state index contributed by atoms with van der Waals surface area (Å²) in [6.07, 6.45) is 7.38. The van der Waals surface area contributed by atoms with Crippen LogP contribution < -0.4 is 5.32 Å². The van der Waals surface area contributed by atoms with Crippen LogP contribution >= 0.6 is 0 Å². The van der Waals surface area contributed by atoms with Crippen molar-refractivity contribution in [1.82, 2.24) is 0 Å². The molecule has 0 aliphatic rings. The third-order valence-corrected chi connectivity index (χ3v) is 5.53. The van der Waals surface area contributed by atoms with Crippen LogP contribution in [0.5, 0.6) is 0 Å². The Labute approximate surface area is 130 Å². The average molecular weight is 311 g/mol. The highest BCUT2D eigenvalue weighted by molar-refractivity contribution is 7.91. The average Bonchev–Trinajstić information content (AvgIpc) is 2.47. The molecule has 1 N–H and O–H groups in total. The summed E-state index contributed by atoms with van der Waals surface area (Å²) in [4.78, 5) is 0.422. The van der Waals surface area contributed by atoms with Crippen molar-refractivity contribution in [2.45, 2.75) is 70.2 Å². The molecule has 4 heteroatoms. The third-order valence-electron chi connectivity index (χ3n) is 3.74. The van der Waals surface area contributed by atoms with Crippen LogP contribution in [-0.4, -0.2) is 20.2 Å². The fourth-order valence-electron chi connectivity index (χ4n) is 2.40. The molecule has 1 atom stereocenters. The Balaban J connectivity index is 2.58. The van der Waals surface area contributed by atoms with E-state index < -0.39 is 9.84 Å². The van der Waals surface area contributed by atoms with Gasteiger partial charge in [-0.3, -0.25) is 0 Å². The first-order chi connectivity index (χ1) is 10.0. The fourth-order valence-corrected chi connectivity index (χ4v) is 3.46. The quantitative estimate of drug-likeness (QED) is 0.640. The summed E-state index contributed by atoms with van der Waals surface area (Å²) in [5.74, 6) is 0.136. The van der Waals surface area contributed by atoms with Gasteiger partial charge in [-0.25, -0.2) is 8.42 Å². The van der Waals surface area contributed by atoms with E-state index in [1.165, 1.54) is 32.1 Å². The first-order valence-corrected chi connectivity index (χ1v) is 9.74. The molecule has 0 aliphatic heterocycles. The summed E-state index contributed by atoms with van der Waals surface area (Å²) in [6, 6.07) is 7.50. The summed E-state index contributed by atoms with van der Waals surface area (Å²) < 4.78 is 24.2. The highest BCUT2D eigenvalue weighted by atomic mass is 32.2. The summed E-state index contributed by atoms with van der Waals surface area (Å²) in [5, 5.41) is 3.36. The van der Waals surface area contributed by atoms with E-state index in [9.17, 15) is 8.42 Å². The number of nitrogens with one attached hydrogen (secondary N) is 1. The van der Waals surface area contributed by atoms with Crippen molar-refractivity contribution in [3.63, 3.8) is 0 Å². The topological polar surface area (TPSA) is 46.2 Å². The first kappa shape index (κ1) is 18.0. The fraction of sp³-hybridized carbons (Fsp3) is 0.647. The van der Waals surface area contributed by atoms with Gasteiger partial charge in [0, 0.05) is 6.04 Å². The Morgan fingerprint density at radius 3 is 2.38 bits per heavy atom. The van der Waals surface area contributed by atoms with Gasteiger partial charge in [-0.05, 0) is 25.5 Å². The molecule has 0 saturated heterocycles. The largest absolute Gasteiger partial charge is 0.382 e. The van der Waals surface area contributed by atoms with Crippen molar-refractivity contribution in [2.24, 2.45) is 0 Å². The number of unbranched alkanes of at least 4 members (excludes halogenated alkanes) is 4. The molecule has 0 aromatic heterocycles. The molecule has 1 rings (SSSR count). The van der Waals surface area contributed by atoms with E-state index in [1.807, 2.05) is 12.1 Å². The van der Waals surface area contributed by atoms with Gasteiger partial charge in [0.2, 0.25) is 0 Å². The third kappa shape index (κ3) is 6.08. The van der Waals surface area contributed by atoms with Crippen molar-refractivity contribution >= 4 is 15.5 Å². The maximum Gasteiger partial charge on any atom is 0.180 e. The summed E-state index contributed by atoms with van der Waals surface area (Å²) in [5.41, 5.74) is 0.736. The Hall–Kier alpha value is -1.03. The SMILES string of the molecule is CCCCCCCC(C)Nc1ccccc1S(=O)(=O)CC. The number of anilines is 1. The van der Waals surface area contributed by atoms with Gasteiger partial charge in [-0.2, -0.15) is 0 Å². The van der Waals surface area contributed by atoms with Crippen molar-refractivity contribution < 1.29 is 8.42 Å². The van der Waals surface area contributed by atoms with Crippen molar-refractivity contribution in [2.75, 3.05) is 11.1 Å². The first-order valence-electron chi connectivity index (χ1n) is 8.09. The number of hydrogen-bond acceptors (Lipinski definition) is 3. The maximum absolute atomic E-state index is 12.1. The molecule has 1 unspecified atom stereocenters. The van der Waals surface area contributed by atoms with Crippen LogP contribution in [0.3, 0.4) is 0 Å². The Morgan fingerprint density at radius 2 is 1.71 bits per heavy atom. The lowest BCUT2D eigenvalue weighted by molar-refractivity contribution is 0.577. The smallest absolute Gasteiger partial charge is 0.180 e. The number of para-hydroxylation sites is 1. The van der Waals surface area contributed by atoms with Crippen LogP contribution in [0.2, 0.25) is 0 Å². The van der Waals surface area contributed by atoms with E-state index in [0.29, 0.717) is 10.9 Å². The second-order valence-electron chi connectivity index (χ2n) is 5.65. The molecule has 120 valence electrons. The Morgan fingerprint density at radius 1 is 1.05 bits per heavy atom. The molecule has 0 fully saturated rings. The standard InChI is InChI=1S/C17H29NO2S/c1-4-6-7-8-9-12-15(3)18-16-13-10-11-14-17(16)21(19,20)5-2/h10-11,13-15,18H,4-9,12H2,1-3H3. The zero-order chi connectivity index (χ0) is 15.7. The zero-order valence-electron chi connectivity index (χ0n) is 13.6.